The van der Waals surface area contributed by atoms with E-state index in [9.17, 15) is 14.4 Å². The highest BCUT2D eigenvalue weighted by molar-refractivity contribution is 6.32. The predicted octanol–water partition coefficient (Wildman–Crippen LogP) is 4.28. The number of para-hydroxylation sites is 1. The number of furan rings is 1. The number of ketones is 2. The minimum Gasteiger partial charge on any atom is -0.469 e. The number of Topliss-reactive ketones (excluding diaryl/α,β-unsaturated/α-hetero) is 2. The van der Waals surface area contributed by atoms with E-state index in [1.54, 1.807) is 43.3 Å². The average molecular weight is 439 g/mol. The first-order valence-electron chi connectivity index (χ1n) is 11.0. The summed E-state index contributed by atoms with van der Waals surface area (Å²) in [6.45, 7) is 1.93. The van der Waals surface area contributed by atoms with Crippen LogP contribution in [0, 0.1) is 5.41 Å². The molecule has 164 valence electrons. The molecule has 0 saturated carbocycles. The standard InChI is InChI=1S/C27H21NO5/c1-2-32-26(31)23-22(20-12-7-15-33-20)27(24(29)17-9-4-5-10-18(17)25(27)30)21-14-13-16-8-3-6-11-19(16)28(21)23/h3-15,21-23H,2H2,1H3/t21-,22+,23-/m0/s1. The normalized spacial score (nSPS) is 24.0. The van der Waals surface area contributed by atoms with Gasteiger partial charge in [0.05, 0.1) is 24.8 Å². The van der Waals surface area contributed by atoms with Gasteiger partial charge in [-0.15, -0.1) is 0 Å². The molecule has 6 nitrogen and oxygen atoms in total. The molecule has 1 aliphatic carbocycles. The Morgan fingerprint density at radius 1 is 1.00 bits per heavy atom. The van der Waals surface area contributed by atoms with E-state index in [0.717, 1.165) is 11.3 Å². The molecule has 6 rings (SSSR count). The van der Waals surface area contributed by atoms with Crippen LogP contribution in [-0.4, -0.2) is 36.2 Å². The second kappa shape index (κ2) is 7.04. The number of fused-ring (bicyclic) bond motifs is 5. The Bertz CT molecular complexity index is 1290. The summed E-state index contributed by atoms with van der Waals surface area (Å²) in [6.07, 6.45) is 5.30. The number of carbonyl (C=O) groups excluding carboxylic acids is 3. The van der Waals surface area contributed by atoms with E-state index in [-0.39, 0.29) is 18.2 Å². The highest BCUT2D eigenvalue weighted by Gasteiger charge is 2.72. The average Bonchev–Trinajstić information content (AvgIpc) is 3.52. The number of nitrogens with zero attached hydrogens (tertiary/aromatic N) is 1. The Hall–Kier alpha value is -3.93. The number of carbonyl (C=O) groups is 3. The molecular formula is C27H21NO5. The number of hydrogen-bond acceptors (Lipinski definition) is 6. The van der Waals surface area contributed by atoms with Gasteiger partial charge in [0.25, 0.3) is 0 Å². The van der Waals surface area contributed by atoms with E-state index in [0.29, 0.717) is 16.9 Å². The molecule has 1 aromatic heterocycles. The van der Waals surface area contributed by atoms with Crippen molar-refractivity contribution in [3.63, 3.8) is 0 Å². The summed E-state index contributed by atoms with van der Waals surface area (Å²) in [6, 6.07) is 16.4. The minimum absolute atomic E-state index is 0.186. The molecule has 0 unspecified atom stereocenters. The molecule has 2 aliphatic heterocycles. The van der Waals surface area contributed by atoms with E-state index in [4.69, 9.17) is 9.15 Å². The van der Waals surface area contributed by atoms with Gasteiger partial charge in [-0.2, -0.15) is 0 Å². The molecule has 33 heavy (non-hydrogen) atoms. The van der Waals surface area contributed by atoms with E-state index in [1.165, 1.54) is 6.26 Å². The zero-order valence-corrected chi connectivity index (χ0v) is 17.9. The number of anilines is 1. The monoisotopic (exact) mass is 439 g/mol. The lowest BCUT2D eigenvalue weighted by molar-refractivity contribution is -0.145. The van der Waals surface area contributed by atoms with Crippen LogP contribution in [0.4, 0.5) is 5.69 Å². The van der Waals surface area contributed by atoms with E-state index in [1.807, 2.05) is 41.3 Å². The van der Waals surface area contributed by atoms with Crippen LogP contribution in [0.25, 0.3) is 6.08 Å². The van der Waals surface area contributed by atoms with Gasteiger partial charge >= 0.3 is 5.97 Å². The van der Waals surface area contributed by atoms with E-state index in [2.05, 4.69) is 0 Å². The maximum Gasteiger partial charge on any atom is 0.329 e. The molecule has 6 heteroatoms. The molecule has 3 aliphatic rings. The van der Waals surface area contributed by atoms with Crippen LogP contribution >= 0.6 is 0 Å². The van der Waals surface area contributed by atoms with Crippen molar-refractivity contribution in [1.82, 2.24) is 0 Å². The molecule has 3 aromatic rings. The zero-order valence-electron chi connectivity index (χ0n) is 17.9. The lowest BCUT2D eigenvalue weighted by Gasteiger charge is -2.36. The summed E-state index contributed by atoms with van der Waals surface area (Å²) in [5.41, 5.74) is 0.927. The van der Waals surface area contributed by atoms with Crippen LogP contribution in [0.3, 0.4) is 0 Å². The Balaban J connectivity index is 1.67. The molecule has 0 N–H and O–H groups in total. The number of rotatable bonds is 3. The third-order valence-electron chi connectivity index (χ3n) is 7.09. The first-order chi connectivity index (χ1) is 16.1. The van der Waals surface area contributed by atoms with Gasteiger partial charge in [-0.3, -0.25) is 9.59 Å². The van der Waals surface area contributed by atoms with Gasteiger partial charge < -0.3 is 14.1 Å². The van der Waals surface area contributed by atoms with Gasteiger partial charge in [0.15, 0.2) is 11.6 Å². The lowest BCUT2D eigenvalue weighted by Crippen LogP contribution is -2.48. The Labute approximate surface area is 190 Å². The van der Waals surface area contributed by atoms with Crippen LogP contribution in [-0.2, 0) is 9.53 Å². The number of benzene rings is 2. The van der Waals surface area contributed by atoms with Gasteiger partial charge in [0.2, 0.25) is 0 Å². The summed E-state index contributed by atoms with van der Waals surface area (Å²) >= 11 is 0. The molecule has 1 fully saturated rings. The maximum absolute atomic E-state index is 14.2. The smallest absolute Gasteiger partial charge is 0.329 e. The number of esters is 1. The molecule has 0 bridgehead atoms. The largest absolute Gasteiger partial charge is 0.469 e. The minimum atomic E-state index is -1.54. The first kappa shape index (κ1) is 19.7. The highest BCUT2D eigenvalue weighted by Crippen LogP contribution is 2.60. The van der Waals surface area contributed by atoms with Gasteiger partial charge in [0.1, 0.15) is 17.2 Å². The van der Waals surface area contributed by atoms with Crippen LogP contribution in [0.1, 0.15) is 44.9 Å². The van der Waals surface area contributed by atoms with Gasteiger partial charge in [-0.1, -0.05) is 54.6 Å². The molecule has 3 heterocycles. The topological polar surface area (TPSA) is 76.8 Å². The number of hydrogen-bond donors (Lipinski definition) is 0. The molecule has 3 atom stereocenters. The van der Waals surface area contributed by atoms with Crippen molar-refractivity contribution in [1.29, 1.82) is 0 Å². The van der Waals surface area contributed by atoms with Crippen molar-refractivity contribution < 1.29 is 23.5 Å². The summed E-state index contributed by atoms with van der Waals surface area (Å²) in [5.74, 6) is -1.48. The van der Waals surface area contributed by atoms with Crippen LogP contribution in [0.15, 0.2) is 77.4 Å². The van der Waals surface area contributed by atoms with Crippen molar-refractivity contribution in [2.75, 3.05) is 11.5 Å². The Morgan fingerprint density at radius 3 is 2.36 bits per heavy atom. The molecule has 1 spiro atoms. The van der Waals surface area contributed by atoms with Crippen molar-refractivity contribution in [2.45, 2.75) is 24.9 Å². The Kier molecular flexibility index (Phi) is 4.21. The van der Waals surface area contributed by atoms with Gasteiger partial charge in [-0.05, 0) is 30.7 Å². The van der Waals surface area contributed by atoms with Crippen molar-refractivity contribution in [2.24, 2.45) is 5.41 Å². The first-order valence-corrected chi connectivity index (χ1v) is 11.0. The molecular weight excluding hydrogens is 418 g/mol. The summed E-state index contributed by atoms with van der Waals surface area (Å²) < 4.78 is 11.3. The van der Waals surface area contributed by atoms with E-state index < -0.39 is 29.4 Å². The quantitative estimate of drug-likeness (QED) is 0.448. The SMILES string of the molecule is CCOC(=O)[C@@H]1[C@@H](c2ccco2)C2(C(=O)c3ccccc3C2=O)[C@@H]2C=Cc3ccccc3N12. The number of ether oxygens (including phenoxy) is 1. The molecule has 0 amide bonds. The van der Waals surface area contributed by atoms with Crippen molar-refractivity contribution >= 4 is 29.3 Å². The Morgan fingerprint density at radius 2 is 1.70 bits per heavy atom. The highest BCUT2D eigenvalue weighted by atomic mass is 16.5. The third kappa shape index (κ3) is 2.40. The third-order valence-corrected chi connectivity index (χ3v) is 7.09. The predicted molar refractivity (Wildman–Crippen MR) is 121 cm³/mol. The molecule has 1 saturated heterocycles. The van der Waals surface area contributed by atoms with Crippen molar-refractivity contribution in [3.05, 3.63) is 95.5 Å². The molecule has 2 aromatic carbocycles. The van der Waals surface area contributed by atoms with E-state index >= 15 is 0 Å². The second-order valence-corrected chi connectivity index (χ2v) is 8.53. The van der Waals surface area contributed by atoms with Gasteiger partial charge in [0, 0.05) is 16.8 Å². The molecule has 0 radical (unpaired) electrons. The fraction of sp³-hybridized carbons (Fsp3) is 0.222. The van der Waals surface area contributed by atoms with Crippen LogP contribution in [0.5, 0.6) is 0 Å². The second-order valence-electron chi connectivity index (χ2n) is 8.53. The van der Waals surface area contributed by atoms with Crippen molar-refractivity contribution in [3.8, 4) is 0 Å². The van der Waals surface area contributed by atoms with Gasteiger partial charge in [-0.25, -0.2) is 4.79 Å². The summed E-state index contributed by atoms with van der Waals surface area (Å²) in [7, 11) is 0. The fourth-order valence-corrected chi connectivity index (χ4v) is 5.89. The fourth-order valence-electron chi connectivity index (χ4n) is 5.89. The van der Waals surface area contributed by atoms with Crippen LogP contribution < -0.4 is 4.90 Å². The summed E-state index contributed by atoms with van der Waals surface area (Å²) in [5, 5.41) is 0. The summed E-state index contributed by atoms with van der Waals surface area (Å²) in [4.78, 5) is 43.7. The maximum atomic E-state index is 14.2. The lowest BCUT2D eigenvalue weighted by atomic mass is 9.66. The van der Waals surface area contributed by atoms with Crippen LogP contribution in [0.2, 0.25) is 0 Å². The zero-order chi connectivity index (χ0) is 22.7.